The van der Waals surface area contributed by atoms with E-state index in [-0.39, 0.29) is 5.78 Å². The van der Waals surface area contributed by atoms with Crippen LogP contribution in [0, 0.1) is 0 Å². The number of nitrogens with zero attached hydrogens (tertiary/aromatic N) is 1. The van der Waals surface area contributed by atoms with Gasteiger partial charge < -0.3 is 14.2 Å². The molecule has 1 aromatic heterocycles. The Morgan fingerprint density at radius 3 is 2.27 bits per heavy atom. The van der Waals surface area contributed by atoms with E-state index in [1.54, 1.807) is 63.9 Å². The standard InChI is InChI=1S/C17H17NO4/c1-20-14-7-4-12(5-8-14)15(19)9-6-13-10-16(21-2)17(22-3)11-18-13/h4-11H,1-3H3/b9-6+. The molecular formula is C17H17NO4. The Hall–Kier alpha value is -2.82. The molecule has 0 bridgehead atoms. The maximum atomic E-state index is 12.1. The molecule has 0 amide bonds. The third kappa shape index (κ3) is 3.63. The van der Waals surface area contributed by atoms with Crippen molar-refractivity contribution in [1.29, 1.82) is 0 Å². The number of carbonyl (C=O) groups is 1. The normalized spacial score (nSPS) is 10.5. The van der Waals surface area contributed by atoms with Gasteiger partial charge in [-0.05, 0) is 36.4 Å². The molecule has 22 heavy (non-hydrogen) atoms. The molecule has 5 heteroatoms. The van der Waals surface area contributed by atoms with Crippen LogP contribution in [0.5, 0.6) is 17.2 Å². The van der Waals surface area contributed by atoms with Gasteiger partial charge in [-0.1, -0.05) is 0 Å². The van der Waals surface area contributed by atoms with Crippen LogP contribution in [0.25, 0.3) is 6.08 Å². The molecule has 114 valence electrons. The number of hydrogen-bond acceptors (Lipinski definition) is 5. The fourth-order valence-electron chi connectivity index (χ4n) is 1.86. The van der Waals surface area contributed by atoms with E-state index in [4.69, 9.17) is 14.2 Å². The van der Waals surface area contributed by atoms with Crippen molar-refractivity contribution in [3.05, 3.63) is 53.9 Å². The summed E-state index contributed by atoms with van der Waals surface area (Å²) in [5.41, 5.74) is 1.19. The van der Waals surface area contributed by atoms with Crippen molar-refractivity contribution in [2.75, 3.05) is 21.3 Å². The van der Waals surface area contributed by atoms with Crippen LogP contribution in [0.1, 0.15) is 16.1 Å². The van der Waals surface area contributed by atoms with E-state index in [9.17, 15) is 4.79 Å². The number of allylic oxidation sites excluding steroid dienone is 1. The van der Waals surface area contributed by atoms with E-state index in [0.717, 1.165) is 0 Å². The Bertz CT molecular complexity index is 678. The van der Waals surface area contributed by atoms with Gasteiger partial charge in [0.05, 0.1) is 33.2 Å². The van der Waals surface area contributed by atoms with Crippen molar-refractivity contribution in [2.24, 2.45) is 0 Å². The quantitative estimate of drug-likeness (QED) is 0.606. The maximum absolute atomic E-state index is 12.1. The van der Waals surface area contributed by atoms with Crippen LogP contribution in [0.15, 0.2) is 42.6 Å². The first-order chi connectivity index (χ1) is 10.7. The Balaban J connectivity index is 2.14. The maximum Gasteiger partial charge on any atom is 0.185 e. The highest BCUT2D eigenvalue weighted by molar-refractivity contribution is 6.06. The summed E-state index contributed by atoms with van der Waals surface area (Å²) in [4.78, 5) is 16.3. The molecule has 0 N–H and O–H groups in total. The molecule has 5 nitrogen and oxygen atoms in total. The SMILES string of the molecule is COc1ccc(C(=O)/C=C/c2cc(OC)c(OC)cn2)cc1. The number of benzene rings is 1. The molecule has 1 aromatic carbocycles. The third-order valence-electron chi connectivity index (χ3n) is 3.07. The second kappa shape index (κ2) is 7.26. The predicted octanol–water partition coefficient (Wildman–Crippen LogP) is 3.00. The molecule has 2 aromatic rings. The summed E-state index contributed by atoms with van der Waals surface area (Å²) >= 11 is 0. The summed E-state index contributed by atoms with van der Waals surface area (Å²) in [7, 11) is 4.68. The number of carbonyl (C=O) groups excluding carboxylic acids is 1. The second-order valence-electron chi connectivity index (χ2n) is 4.39. The van der Waals surface area contributed by atoms with Gasteiger partial charge in [0, 0.05) is 11.6 Å². The second-order valence-corrected chi connectivity index (χ2v) is 4.39. The van der Waals surface area contributed by atoms with Crippen molar-refractivity contribution in [3.8, 4) is 17.2 Å². The molecule has 2 rings (SSSR count). The van der Waals surface area contributed by atoms with E-state index < -0.39 is 0 Å². The number of hydrogen-bond donors (Lipinski definition) is 0. The minimum absolute atomic E-state index is 0.112. The first-order valence-electron chi connectivity index (χ1n) is 6.62. The lowest BCUT2D eigenvalue weighted by molar-refractivity contribution is 0.104. The molecule has 0 unspecified atom stereocenters. The topological polar surface area (TPSA) is 57.7 Å². The van der Waals surface area contributed by atoms with Crippen LogP contribution in [-0.4, -0.2) is 32.1 Å². The van der Waals surface area contributed by atoms with Crippen molar-refractivity contribution < 1.29 is 19.0 Å². The van der Waals surface area contributed by atoms with Gasteiger partial charge in [-0.3, -0.25) is 9.78 Å². The fraction of sp³-hybridized carbons (Fsp3) is 0.176. The first kappa shape index (κ1) is 15.6. The number of ether oxygens (including phenoxy) is 3. The summed E-state index contributed by atoms with van der Waals surface area (Å²) < 4.78 is 15.4. The van der Waals surface area contributed by atoms with Crippen LogP contribution in [-0.2, 0) is 0 Å². The smallest absolute Gasteiger partial charge is 0.185 e. The third-order valence-corrected chi connectivity index (χ3v) is 3.07. The Labute approximate surface area is 129 Å². The van der Waals surface area contributed by atoms with E-state index in [1.165, 1.54) is 6.08 Å². The molecule has 0 aliphatic heterocycles. The van der Waals surface area contributed by atoms with Crippen LogP contribution < -0.4 is 14.2 Å². The molecule has 0 spiro atoms. The summed E-state index contributed by atoms with van der Waals surface area (Å²) in [5, 5.41) is 0. The number of aromatic nitrogens is 1. The highest BCUT2D eigenvalue weighted by Gasteiger charge is 2.05. The van der Waals surface area contributed by atoms with Crippen molar-refractivity contribution in [3.63, 3.8) is 0 Å². The number of rotatable bonds is 6. The lowest BCUT2D eigenvalue weighted by Gasteiger charge is -2.06. The molecule has 0 saturated heterocycles. The highest BCUT2D eigenvalue weighted by Crippen LogP contribution is 2.26. The zero-order valence-corrected chi connectivity index (χ0v) is 12.7. The largest absolute Gasteiger partial charge is 0.497 e. The highest BCUT2D eigenvalue weighted by atomic mass is 16.5. The molecule has 1 heterocycles. The van der Waals surface area contributed by atoms with Crippen molar-refractivity contribution >= 4 is 11.9 Å². The monoisotopic (exact) mass is 299 g/mol. The van der Waals surface area contributed by atoms with Gasteiger partial charge in [-0.15, -0.1) is 0 Å². The van der Waals surface area contributed by atoms with E-state index in [1.807, 2.05) is 0 Å². The molecule has 0 atom stereocenters. The minimum Gasteiger partial charge on any atom is -0.497 e. The summed E-state index contributed by atoms with van der Waals surface area (Å²) in [6, 6.07) is 8.63. The van der Waals surface area contributed by atoms with Gasteiger partial charge >= 0.3 is 0 Å². The summed E-state index contributed by atoms with van der Waals surface area (Å²) in [6.45, 7) is 0. The van der Waals surface area contributed by atoms with Gasteiger partial charge in [0.1, 0.15) is 5.75 Å². The van der Waals surface area contributed by atoms with Crippen LogP contribution in [0.3, 0.4) is 0 Å². The van der Waals surface area contributed by atoms with E-state index in [0.29, 0.717) is 28.5 Å². The van der Waals surface area contributed by atoms with Gasteiger partial charge in [-0.25, -0.2) is 0 Å². The van der Waals surface area contributed by atoms with Gasteiger partial charge in [-0.2, -0.15) is 0 Å². The summed E-state index contributed by atoms with van der Waals surface area (Å²) in [6.07, 6.45) is 4.65. The zero-order valence-electron chi connectivity index (χ0n) is 12.7. The van der Waals surface area contributed by atoms with Gasteiger partial charge in [0.25, 0.3) is 0 Å². The van der Waals surface area contributed by atoms with Crippen LogP contribution >= 0.6 is 0 Å². The lowest BCUT2D eigenvalue weighted by atomic mass is 10.1. The molecule has 0 fully saturated rings. The van der Waals surface area contributed by atoms with Crippen molar-refractivity contribution in [1.82, 2.24) is 4.98 Å². The number of pyridine rings is 1. The Morgan fingerprint density at radius 2 is 1.68 bits per heavy atom. The van der Waals surface area contributed by atoms with E-state index in [2.05, 4.69) is 4.98 Å². The zero-order chi connectivity index (χ0) is 15.9. The Morgan fingerprint density at radius 1 is 1.00 bits per heavy atom. The fourth-order valence-corrected chi connectivity index (χ4v) is 1.86. The Kier molecular flexibility index (Phi) is 5.14. The predicted molar refractivity (Wildman–Crippen MR) is 83.7 cm³/mol. The van der Waals surface area contributed by atoms with E-state index >= 15 is 0 Å². The van der Waals surface area contributed by atoms with Crippen LogP contribution in [0.4, 0.5) is 0 Å². The molecular weight excluding hydrogens is 282 g/mol. The van der Waals surface area contributed by atoms with Crippen LogP contribution in [0.2, 0.25) is 0 Å². The van der Waals surface area contributed by atoms with Gasteiger partial charge in [0.15, 0.2) is 17.3 Å². The summed E-state index contributed by atoms with van der Waals surface area (Å²) in [5.74, 6) is 1.71. The number of ketones is 1. The van der Waals surface area contributed by atoms with Gasteiger partial charge in [0.2, 0.25) is 0 Å². The minimum atomic E-state index is -0.112. The molecule has 0 aliphatic rings. The molecule has 0 saturated carbocycles. The first-order valence-corrected chi connectivity index (χ1v) is 6.62. The van der Waals surface area contributed by atoms with Crippen molar-refractivity contribution in [2.45, 2.75) is 0 Å². The lowest BCUT2D eigenvalue weighted by Crippen LogP contribution is -1.95. The number of methoxy groups -OCH3 is 3. The molecule has 0 radical (unpaired) electrons. The molecule has 0 aliphatic carbocycles. The average molecular weight is 299 g/mol. The average Bonchev–Trinajstić information content (AvgIpc) is 2.59.